The fraction of sp³-hybridized carbons (Fsp3) is 0.182. The molecule has 0 saturated heterocycles. The highest BCUT2D eigenvalue weighted by Gasteiger charge is 2.09. The van der Waals surface area contributed by atoms with Gasteiger partial charge in [0.25, 0.3) is 0 Å². The van der Waals surface area contributed by atoms with Crippen molar-refractivity contribution in [3.05, 3.63) is 34.7 Å². The quantitative estimate of drug-likeness (QED) is 0.847. The van der Waals surface area contributed by atoms with E-state index in [-0.39, 0.29) is 0 Å². The minimum absolute atomic E-state index is 0.508. The van der Waals surface area contributed by atoms with Gasteiger partial charge in [-0.2, -0.15) is 0 Å². The van der Waals surface area contributed by atoms with Gasteiger partial charge in [0.05, 0.1) is 5.02 Å². The Kier molecular flexibility index (Phi) is 3.49. The first kappa shape index (κ1) is 12.1. The van der Waals surface area contributed by atoms with E-state index in [2.05, 4.69) is 15.0 Å². The second-order valence-electron chi connectivity index (χ2n) is 3.50. The van der Waals surface area contributed by atoms with Crippen LogP contribution in [0.3, 0.4) is 0 Å². The number of halogens is 1. The van der Waals surface area contributed by atoms with Gasteiger partial charge >= 0.3 is 0 Å². The van der Waals surface area contributed by atoms with Gasteiger partial charge in [-0.05, 0) is 37.7 Å². The van der Waals surface area contributed by atoms with Crippen LogP contribution in [0.2, 0.25) is 5.02 Å². The van der Waals surface area contributed by atoms with E-state index in [1.807, 2.05) is 19.9 Å². The standard InChI is InChI=1S/C11H11ClN4S/c1-6-10(13)15-7(2)16-11(6)17-9-4-3-8(12)5-14-9/h3-5H,1-2H3,(H2,13,15,16). The molecular weight excluding hydrogens is 256 g/mol. The maximum absolute atomic E-state index is 5.79. The zero-order valence-electron chi connectivity index (χ0n) is 9.44. The second-order valence-corrected chi connectivity index (χ2v) is 4.95. The molecule has 17 heavy (non-hydrogen) atoms. The third-order valence-corrected chi connectivity index (χ3v) is 3.42. The van der Waals surface area contributed by atoms with Gasteiger partial charge in [-0.15, -0.1) is 0 Å². The van der Waals surface area contributed by atoms with Gasteiger partial charge in [-0.1, -0.05) is 11.6 Å². The summed E-state index contributed by atoms with van der Waals surface area (Å²) in [4.78, 5) is 12.7. The summed E-state index contributed by atoms with van der Waals surface area (Å²) in [7, 11) is 0. The van der Waals surface area contributed by atoms with Crippen molar-refractivity contribution >= 4 is 29.2 Å². The summed E-state index contributed by atoms with van der Waals surface area (Å²) in [5.41, 5.74) is 6.67. The third kappa shape index (κ3) is 2.87. The van der Waals surface area contributed by atoms with E-state index in [9.17, 15) is 0 Å². The molecule has 2 aromatic rings. The van der Waals surface area contributed by atoms with Crippen LogP contribution < -0.4 is 5.73 Å². The Labute approximate surface area is 109 Å². The van der Waals surface area contributed by atoms with Crippen LogP contribution in [-0.4, -0.2) is 15.0 Å². The number of aryl methyl sites for hydroxylation is 1. The minimum Gasteiger partial charge on any atom is -0.383 e. The Morgan fingerprint density at radius 1 is 1.24 bits per heavy atom. The van der Waals surface area contributed by atoms with Crippen molar-refractivity contribution in [2.75, 3.05) is 5.73 Å². The number of nitrogen functional groups attached to an aromatic ring is 1. The molecule has 0 atom stereocenters. The molecule has 2 N–H and O–H groups in total. The first-order valence-corrected chi connectivity index (χ1v) is 6.16. The van der Waals surface area contributed by atoms with E-state index in [0.29, 0.717) is 16.7 Å². The van der Waals surface area contributed by atoms with E-state index in [0.717, 1.165) is 15.6 Å². The first-order chi connectivity index (χ1) is 8.06. The van der Waals surface area contributed by atoms with Crippen molar-refractivity contribution < 1.29 is 0 Å². The number of anilines is 1. The number of pyridine rings is 1. The molecule has 0 aliphatic rings. The molecule has 0 bridgehead atoms. The van der Waals surface area contributed by atoms with Crippen molar-refractivity contribution in [1.29, 1.82) is 0 Å². The number of rotatable bonds is 2. The maximum Gasteiger partial charge on any atom is 0.131 e. The molecule has 0 fully saturated rings. The van der Waals surface area contributed by atoms with Gasteiger partial charge in [-0.3, -0.25) is 0 Å². The number of hydrogen-bond acceptors (Lipinski definition) is 5. The summed E-state index contributed by atoms with van der Waals surface area (Å²) < 4.78 is 0. The summed E-state index contributed by atoms with van der Waals surface area (Å²) >= 11 is 7.23. The molecule has 0 radical (unpaired) electrons. The molecule has 0 aliphatic carbocycles. The summed E-state index contributed by atoms with van der Waals surface area (Å²) in [6, 6.07) is 3.64. The molecule has 2 heterocycles. The smallest absolute Gasteiger partial charge is 0.131 e. The molecule has 2 rings (SSSR count). The maximum atomic E-state index is 5.79. The number of nitrogens with zero attached hydrogens (tertiary/aromatic N) is 3. The lowest BCUT2D eigenvalue weighted by atomic mass is 10.3. The molecule has 4 nitrogen and oxygen atoms in total. The highest BCUT2D eigenvalue weighted by atomic mass is 35.5. The van der Waals surface area contributed by atoms with E-state index < -0.39 is 0 Å². The van der Waals surface area contributed by atoms with Crippen molar-refractivity contribution in [1.82, 2.24) is 15.0 Å². The first-order valence-electron chi connectivity index (χ1n) is 4.96. The lowest BCUT2D eigenvalue weighted by Crippen LogP contribution is -2.01. The monoisotopic (exact) mass is 266 g/mol. The molecule has 0 amide bonds. The largest absolute Gasteiger partial charge is 0.383 e. The van der Waals surface area contributed by atoms with E-state index in [1.165, 1.54) is 11.8 Å². The molecular formula is C11H11ClN4S. The van der Waals surface area contributed by atoms with Crippen LogP contribution in [0.15, 0.2) is 28.4 Å². The lowest BCUT2D eigenvalue weighted by Gasteiger charge is -2.07. The Balaban J connectivity index is 2.32. The predicted octanol–water partition coefficient (Wildman–Crippen LogP) is 2.88. The lowest BCUT2D eigenvalue weighted by molar-refractivity contribution is 0.943. The van der Waals surface area contributed by atoms with Crippen LogP contribution in [0.1, 0.15) is 11.4 Å². The molecule has 0 aliphatic heterocycles. The highest BCUT2D eigenvalue weighted by molar-refractivity contribution is 7.99. The summed E-state index contributed by atoms with van der Waals surface area (Å²) in [5, 5.41) is 2.27. The topological polar surface area (TPSA) is 64.7 Å². The summed E-state index contributed by atoms with van der Waals surface area (Å²) in [6.07, 6.45) is 1.61. The molecule has 0 spiro atoms. The Hall–Kier alpha value is -1.33. The van der Waals surface area contributed by atoms with Crippen molar-refractivity contribution in [3.63, 3.8) is 0 Å². The van der Waals surface area contributed by atoms with Crippen LogP contribution in [0, 0.1) is 13.8 Å². The van der Waals surface area contributed by atoms with Gasteiger partial charge in [0, 0.05) is 11.8 Å². The Morgan fingerprint density at radius 2 is 2.00 bits per heavy atom. The number of nitrogens with two attached hydrogens (primary N) is 1. The van der Waals surface area contributed by atoms with Crippen LogP contribution in [0.25, 0.3) is 0 Å². The normalized spacial score (nSPS) is 10.5. The molecule has 0 unspecified atom stereocenters. The summed E-state index contributed by atoms with van der Waals surface area (Å²) in [6.45, 7) is 3.71. The fourth-order valence-electron chi connectivity index (χ4n) is 1.24. The zero-order valence-corrected chi connectivity index (χ0v) is 11.0. The van der Waals surface area contributed by atoms with Crippen LogP contribution >= 0.6 is 23.4 Å². The minimum atomic E-state index is 0.508. The van der Waals surface area contributed by atoms with E-state index in [1.54, 1.807) is 12.3 Å². The highest BCUT2D eigenvalue weighted by Crippen LogP contribution is 2.29. The average molecular weight is 267 g/mol. The average Bonchev–Trinajstić information content (AvgIpc) is 2.28. The Morgan fingerprint density at radius 3 is 2.65 bits per heavy atom. The fourth-order valence-corrected chi connectivity index (χ4v) is 2.23. The second kappa shape index (κ2) is 4.89. The van der Waals surface area contributed by atoms with Crippen LogP contribution in [0.4, 0.5) is 5.82 Å². The van der Waals surface area contributed by atoms with Gasteiger partial charge in [0.15, 0.2) is 0 Å². The zero-order chi connectivity index (χ0) is 12.4. The molecule has 2 aromatic heterocycles. The molecule has 0 aromatic carbocycles. The summed E-state index contributed by atoms with van der Waals surface area (Å²) in [5.74, 6) is 1.17. The Bertz CT molecular complexity index is 542. The van der Waals surface area contributed by atoms with Crippen molar-refractivity contribution in [2.45, 2.75) is 23.9 Å². The molecule has 0 saturated carbocycles. The molecule has 6 heteroatoms. The van der Waals surface area contributed by atoms with Gasteiger partial charge in [0.2, 0.25) is 0 Å². The third-order valence-electron chi connectivity index (χ3n) is 2.15. The van der Waals surface area contributed by atoms with E-state index in [4.69, 9.17) is 17.3 Å². The van der Waals surface area contributed by atoms with Crippen LogP contribution in [-0.2, 0) is 0 Å². The van der Waals surface area contributed by atoms with Gasteiger partial charge in [-0.25, -0.2) is 15.0 Å². The number of hydrogen-bond donors (Lipinski definition) is 1. The van der Waals surface area contributed by atoms with Gasteiger partial charge < -0.3 is 5.73 Å². The van der Waals surface area contributed by atoms with Crippen LogP contribution in [0.5, 0.6) is 0 Å². The predicted molar refractivity (Wildman–Crippen MR) is 69.3 cm³/mol. The van der Waals surface area contributed by atoms with Crippen molar-refractivity contribution in [2.24, 2.45) is 0 Å². The molecule has 88 valence electrons. The SMILES string of the molecule is Cc1nc(N)c(C)c(Sc2ccc(Cl)cn2)n1. The number of aromatic nitrogens is 3. The van der Waals surface area contributed by atoms with Gasteiger partial charge in [0.1, 0.15) is 21.7 Å². The van der Waals surface area contributed by atoms with E-state index >= 15 is 0 Å². The van der Waals surface area contributed by atoms with Crippen molar-refractivity contribution in [3.8, 4) is 0 Å².